The molecule has 3 rings (SSSR count). The number of para-hydroxylation sites is 1. The van der Waals surface area contributed by atoms with Crippen LogP contribution in [0.25, 0.3) is 0 Å². The van der Waals surface area contributed by atoms with Crippen LogP contribution < -0.4 is 15.0 Å². The predicted molar refractivity (Wildman–Crippen MR) is 111 cm³/mol. The molecule has 2 aromatic carbocycles. The second-order valence-corrected chi connectivity index (χ2v) is 7.04. The monoisotopic (exact) mass is 367 g/mol. The molecule has 0 bridgehead atoms. The molecular weight excluding hydrogens is 338 g/mol. The Morgan fingerprint density at radius 1 is 1.19 bits per heavy atom. The van der Waals surface area contributed by atoms with Crippen molar-refractivity contribution in [2.75, 3.05) is 37.0 Å². The first-order valence-electron chi connectivity index (χ1n) is 9.67. The third kappa shape index (κ3) is 4.73. The number of carbonyl (C=O) groups excluding carboxylic acids is 1. The normalized spacial score (nSPS) is 13.5. The van der Waals surface area contributed by atoms with Gasteiger partial charge in [-0.15, -0.1) is 0 Å². The highest BCUT2D eigenvalue weighted by Gasteiger charge is 2.18. The summed E-state index contributed by atoms with van der Waals surface area (Å²) in [6.45, 7) is 7.26. The Balaban J connectivity index is 1.70. The average molecular weight is 367 g/mol. The number of urea groups is 1. The third-order valence-electron chi connectivity index (χ3n) is 4.87. The molecule has 0 radical (unpaired) electrons. The fourth-order valence-corrected chi connectivity index (χ4v) is 3.46. The summed E-state index contributed by atoms with van der Waals surface area (Å²) in [7, 11) is 1.82. The predicted octanol–water partition coefficient (Wildman–Crippen LogP) is 4.66. The number of hydrogen-bond donors (Lipinski definition) is 1. The van der Waals surface area contributed by atoms with Crippen molar-refractivity contribution in [3.05, 3.63) is 53.6 Å². The molecule has 27 heavy (non-hydrogen) atoms. The molecule has 0 saturated carbocycles. The Morgan fingerprint density at radius 3 is 2.67 bits per heavy atom. The molecule has 0 aromatic heterocycles. The Hall–Kier alpha value is -2.69. The molecule has 1 fully saturated rings. The smallest absolute Gasteiger partial charge is 0.321 e. The Morgan fingerprint density at radius 2 is 1.93 bits per heavy atom. The minimum atomic E-state index is -0.143. The molecular formula is C22H29N3O2. The Labute approximate surface area is 161 Å². The van der Waals surface area contributed by atoms with Gasteiger partial charge >= 0.3 is 6.03 Å². The van der Waals surface area contributed by atoms with Gasteiger partial charge in [-0.2, -0.15) is 0 Å². The minimum absolute atomic E-state index is 0.143. The van der Waals surface area contributed by atoms with Gasteiger partial charge in [-0.1, -0.05) is 24.3 Å². The van der Waals surface area contributed by atoms with Crippen LogP contribution in [0.15, 0.2) is 42.5 Å². The summed E-state index contributed by atoms with van der Waals surface area (Å²) in [5, 5.41) is 2.98. The quantitative estimate of drug-likeness (QED) is 0.808. The fourth-order valence-electron chi connectivity index (χ4n) is 3.46. The maximum atomic E-state index is 12.7. The topological polar surface area (TPSA) is 44.8 Å². The summed E-state index contributed by atoms with van der Waals surface area (Å²) in [6, 6.07) is 14.0. The van der Waals surface area contributed by atoms with Crippen LogP contribution in [0.3, 0.4) is 0 Å². The van der Waals surface area contributed by atoms with Crippen LogP contribution in [0.2, 0.25) is 0 Å². The summed E-state index contributed by atoms with van der Waals surface area (Å²) < 4.78 is 5.66. The van der Waals surface area contributed by atoms with E-state index >= 15 is 0 Å². The summed E-state index contributed by atoms with van der Waals surface area (Å²) in [5.41, 5.74) is 4.21. The maximum Gasteiger partial charge on any atom is 0.321 e. The van der Waals surface area contributed by atoms with Gasteiger partial charge in [0.25, 0.3) is 0 Å². The highest BCUT2D eigenvalue weighted by molar-refractivity contribution is 5.91. The van der Waals surface area contributed by atoms with E-state index in [0.717, 1.165) is 18.7 Å². The van der Waals surface area contributed by atoms with Crippen molar-refractivity contribution >= 4 is 17.4 Å². The van der Waals surface area contributed by atoms with Gasteiger partial charge in [-0.05, 0) is 56.0 Å². The minimum Gasteiger partial charge on any atom is -0.492 e. The molecule has 1 aliphatic heterocycles. The molecule has 2 amide bonds. The number of hydrogen-bond acceptors (Lipinski definition) is 3. The Kier molecular flexibility index (Phi) is 6.22. The first kappa shape index (κ1) is 19.1. The molecule has 1 aliphatic rings. The van der Waals surface area contributed by atoms with Gasteiger partial charge in [0.15, 0.2) is 0 Å². The molecule has 1 N–H and O–H groups in total. The molecule has 0 spiro atoms. The zero-order valence-electron chi connectivity index (χ0n) is 16.5. The summed E-state index contributed by atoms with van der Waals surface area (Å²) in [6.07, 6.45) is 2.47. The molecule has 0 atom stereocenters. The molecule has 0 aliphatic carbocycles. The highest BCUT2D eigenvalue weighted by atomic mass is 16.5. The van der Waals surface area contributed by atoms with Crippen LogP contribution in [-0.2, 0) is 6.54 Å². The van der Waals surface area contributed by atoms with Crippen molar-refractivity contribution in [3.8, 4) is 5.75 Å². The van der Waals surface area contributed by atoms with Crippen molar-refractivity contribution in [1.82, 2.24) is 4.90 Å². The largest absolute Gasteiger partial charge is 0.492 e. The zero-order valence-corrected chi connectivity index (χ0v) is 16.5. The number of carbonyl (C=O) groups is 1. The SMILES string of the molecule is CCOc1cc(C)ccc1NC(=O)N(C)Cc1ccccc1N1CCCC1. The molecule has 5 heteroatoms. The lowest BCUT2D eigenvalue weighted by atomic mass is 10.1. The molecule has 2 aromatic rings. The van der Waals surface area contributed by atoms with Gasteiger partial charge < -0.3 is 19.9 Å². The van der Waals surface area contributed by atoms with Gasteiger partial charge in [0.1, 0.15) is 5.75 Å². The number of amides is 2. The van der Waals surface area contributed by atoms with Crippen LogP contribution in [0.1, 0.15) is 30.9 Å². The van der Waals surface area contributed by atoms with Gasteiger partial charge in [-0.3, -0.25) is 0 Å². The number of rotatable bonds is 6. The van der Waals surface area contributed by atoms with Gasteiger partial charge in [0.2, 0.25) is 0 Å². The van der Waals surface area contributed by atoms with Gasteiger partial charge in [0, 0.05) is 32.4 Å². The van der Waals surface area contributed by atoms with E-state index in [1.807, 2.05) is 45.2 Å². The summed E-state index contributed by atoms with van der Waals surface area (Å²) in [4.78, 5) is 16.9. The number of anilines is 2. The van der Waals surface area contributed by atoms with Crippen molar-refractivity contribution in [2.24, 2.45) is 0 Å². The second kappa shape index (κ2) is 8.80. The fraction of sp³-hybridized carbons (Fsp3) is 0.409. The van der Waals surface area contributed by atoms with E-state index in [9.17, 15) is 4.79 Å². The second-order valence-electron chi connectivity index (χ2n) is 7.04. The number of nitrogens with zero attached hydrogens (tertiary/aromatic N) is 2. The van der Waals surface area contributed by atoms with Crippen LogP contribution in [0.5, 0.6) is 5.75 Å². The van der Waals surface area contributed by atoms with Crippen LogP contribution >= 0.6 is 0 Å². The van der Waals surface area contributed by atoms with E-state index in [2.05, 4.69) is 28.4 Å². The van der Waals surface area contributed by atoms with Gasteiger partial charge in [-0.25, -0.2) is 4.79 Å². The van der Waals surface area contributed by atoms with E-state index in [1.54, 1.807) is 4.90 Å². The molecule has 1 saturated heterocycles. The molecule has 144 valence electrons. The van der Waals surface area contributed by atoms with Crippen molar-refractivity contribution in [1.29, 1.82) is 0 Å². The third-order valence-corrected chi connectivity index (χ3v) is 4.87. The standard InChI is InChI=1S/C22H29N3O2/c1-4-27-21-15-17(2)11-12-19(21)23-22(26)24(3)16-18-9-5-6-10-20(18)25-13-7-8-14-25/h5-6,9-12,15H,4,7-8,13-14,16H2,1-3H3,(H,23,26). The van der Waals surface area contributed by atoms with E-state index in [-0.39, 0.29) is 6.03 Å². The zero-order chi connectivity index (χ0) is 19.2. The summed E-state index contributed by atoms with van der Waals surface area (Å²) >= 11 is 0. The molecule has 1 heterocycles. The first-order valence-corrected chi connectivity index (χ1v) is 9.67. The van der Waals surface area contributed by atoms with Gasteiger partial charge in [0.05, 0.1) is 12.3 Å². The number of nitrogens with one attached hydrogen (secondary N) is 1. The summed E-state index contributed by atoms with van der Waals surface area (Å²) in [5.74, 6) is 0.705. The van der Waals surface area contributed by atoms with Crippen molar-refractivity contribution in [2.45, 2.75) is 33.2 Å². The van der Waals surface area contributed by atoms with Crippen LogP contribution in [0.4, 0.5) is 16.2 Å². The lowest BCUT2D eigenvalue weighted by Crippen LogP contribution is -2.32. The average Bonchev–Trinajstić information content (AvgIpc) is 3.19. The molecule has 0 unspecified atom stereocenters. The van der Waals surface area contributed by atoms with E-state index < -0.39 is 0 Å². The maximum absolute atomic E-state index is 12.7. The van der Waals surface area contributed by atoms with Crippen molar-refractivity contribution < 1.29 is 9.53 Å². The molecule has 5 nitrogen and oxygen atoms in total. The number of aryl methyl sites for hydroxylation is 1. The van der Waals surface area contributed by atoms with E-state index in [4.69, 9.17) is 4.74 Å². The Bertz CT molecular complexity index is 785. The highest BCUT2D eigenvalue weighted by Crippen LogP contribution is 2.27. The lowest BCUT2D eigenvalue weighted by Gasteiger charge is -2.25. The first-order chi connectivity index (χ1) is 13.1. The van der Waals surface area contributed by atoms with E-state index in [1.165, 1.54) is 24.1 Å². The van der Waals surface area contributed by atoms with E-state index in [0.29, 0.717) is 24.6 Å². The van der Waals surface area contributed by atoms with Crippen molar-refractivity contribution in [3.63, 3.8) is 0 Å². The van der Waals surface area contributed by atoms with Crippen LogP contribution in [0, 0.1) is 6.92 Å². The number of benzene rings is 2. The van der Waals surface area contributed by atoms with Crippen LogP contribution in [-0.4, -0.2) is 37.7 Å². The lowest BCUT2D eigenvalue weighted by molar-refractivity contribution is 0.220. The number of ether oxygens (including phenoxy) is 1.